The number of halogens is 1. The Bertz CT molecular complexity index is 508. The lowest BCUT2D eigenvalue weighted by atomic mass is 10.3. The van der Waals surface area contributed by atoms with E-state index >= 15 is 0 Å². The Morgan fingerprint density at radius 1 is 1.28 bits per heavy atom. The summed E-state index contributed by atoms with van der Waals surface area (Å²) in [5.74, 6) is -0.258. The molecular formula is C13H13FN2S2. The molecule has 18 heavy (non-hydrogen) atoms. The van der Waals surface area contributed by atoms with Gasteiger partial charge in [-0.2, -0.15) is 0 Å². The molecule has 2 N–H and O–H groups in total. The Morgan fingerprint density at radius 2 is 2.00 bits per heavy atom. The van der Waals surface area contributed by atoms with Crippen LogP contribution in [0.4, 0.5) is 10.1 Å². The Labute approximate surface area is 115 Å². The number of thiocarbonyl (C=S) groups is 1. The maximum absolute atomic E-state index is 12.7. The van der Waals surface area contributed by atoms with Crippen LogP contribution in [0.15, 0.2) is 41.8 Å². The van der Waals surface area contributed by atoms with Gasteiger partial charge < -0.3 is 10.6 Å². The lowest BCUT2D eigenvalue weighted by Gasteiger charge is -2.15. The molecule has 2 rings (SSSR count). The third kappa shape index (κ3) is 3.51. The molecule has 0 aliphatic carbocycles. The third-order valence-corrected chi connectivity index (χ3v) is 3.69. The zero-order chi connectivity index (χ0) is 13.0. The molecule has 0 bridgehead atoms. The van der Waals surface area contributed by atoms with Crippen molar-refractivity contribution in [3.63, 3.8) is 0 Å². The van der Waals surface area contributed by atoms with Gasteiger partial charge in [-0.25, -0.2) is 4.39 Å². The topological polar surface area (TPSA) is 24.1 Å². The van der Waals surface area contributed by atoms with Crippen LogP contribution < -0.4 is 10.6 Å². The molecule has 0 saturated carbocycles. The van der Waals surface area contributed by atoms with E-state index in [-0.39, 0.29) is 11.9 Å². The molecule has 0 aliphatic rings. The van der Waals surface area contributed by atoms with Crippen molar-refractivity contribution >= 4 is 34.4 Å². The highest BCUT2D eigenvalue weighted by Gasteiger charge is 2.07. The number of nitrogens with one attached hydrogen (secondary N) is 2. The van der Waals surface area contributed by atoms with Gasteiger partial charge in [-0.05, 0) is 54.9 Å². The number of benzene rings is 1. The second-order valence-electron chi connectivity index (χ2n) is 3.84. The lowest BCUT2D eigenvalue weighted by Crippen LogP contribution is -2.30. The number of thiophene rings is 1. The van der Waals surface area contributed by atoms with Crippen molar-refractivity contribution in [3.8, 4) is 0 Å². The first-order valence-corrected chi connectivity index (χ1v) is 6.80. The lowest BCUT2D eigenvalue weighted by molar-refractivity contribution is 0.628. The van der Waals surface area contributed by atoms with Crippen LogP contribution in [0.2, 0.25) is 0 Å². The molecule has 1 atom stereocenters. The van der Waals surface area contributed by atoms with E-state index in [1.165, 1.54) is 17.0 Å². The van der Waals surface area contributed by atoms with Gasteiger partial charge in [0.05, 0.1) is 6.04 Å². The van der Waals surface area contributed by atoms with E-state index in [0.717, 1.165) is 5.69 Å². The van der Waals surface area contributed by atoms with E-state index in [1.54, 1.807) is 23.5 Å². The summed E-state index contributed by atoms with van der Waals surface area (Å²) in [6.45, 7) is 2.05. The first-order chi connectivity index (χ1) is 8.65. The van der Waals surface area contributed by atoms with Crippen molar-refractivity contribution in [2.24, 2.45) is 0 Å². The summed E-state index contributed by atoms with van der Waals surface area (Å²) in [7, 11) is 0. The molecule has 1 aromatic carbocycles. The average molecular weight is 280 g/mol. The number of hydrogen-bond acceptors (Lipinski definition) is 2. The third-order valence-electron chi connectivity index (χ3n) is 2.42. The van der Waals surface area contributed by atoms with Gasteiger partial charge in [0.25, 0.3) is 0 Å². The van der Waals surface area contributed by atoms with Crippen LogP contribution in [0, 0.1) is 5.82 Å². The van der Waals surface area contributed by atoms with Crippen LogP contribution in [0.3, 0.4) is 0 Å². The second-order valence-corrected chi connectivity index (χ2v) is 5.23. The summed E-state index contributed by atoms with van der Waals surface area (Å²) in [4.78, 5) is 1.22. The van der Waals surface area contributed by atoms with Crippen LogP contribution in [-0.2, 0) is 0 Å². The summed E-state index contributed by atoms with van der Waals surface area (Å²) in [6, 6.07) is 10.3. The first-order valence-electron chi connectivity index (χ1n) is 5.51. The molecule has 0 fully saturated rings. The minimum atomic E-state index is -0.258. The Morgan fingerprint density at radius 3 is 2.61 bits per heavy atom. The van der Waals surface area contributed by atoms with Crippen LogP contribution in [0.5, 0.6) is 0 Å². The molecule has 2 nitrogen and oxygen atoms in total. The fourth-order valence-electron chi connectivity index (χ4n) is 1.51. The summed E-state index contributed by atoms with van der Waals surface area (Å²) in [6.07, 6.45) is 0. The molecule has 0 saturated heterocycles. The fourth-order valence-corrected chi connectivity index (χ4v) is 2.53. The molecule has 5 heteroatoms. The van der Waals surface area contributed by atoms with Crippen molar-refractivity contribution in [1.82, 2.24) is 5.32 Å². The Hall–Kier alpha value is -1.46. The van der Waals surface area contributed by atoms with Gasteiger partial charge in [0, 0.05) is 10.6 Å². The molecule has 0 amide bonds. The molecule has 0 unspecified atom stereocenters. The molecule has 94 valence electrons. The van der Waals surface area contributed by atoms with Gasteiger partial charge in [-0.1, -0.05) is 6.07 Å². The van der Waals surface area contributed by atoms with E-state index < -0.39 is 0 Å². The van der Waals surface area contributed by atoms with E-state index in [9.17, 15) is 4.39 Å². The molecule has 2 aromatic rings. The smallest absolute Gasteiger partial charge is 0.171 e. The molecule has 1 aromatic heterocycles. The van der Waals surface area contributed by atoms with Gasteiger partial charge in [-0.15, -0.1) is 11.3 Å². The quantitative estimate of drug-likeness (QED) is 0.833. The van der Waals surface area contributed by atoms with Crippen molar-refractivity contribution < 1.29 is 4.39 Å². The highest BCUT2D eigenvalue weighted by atomic mass is 32.1. The van der Waals surface area contributed by atoms with E-state index in [4.69, 9.17) is 12.2 Å². The van der Waals surface area contributed by atoms with Crippen LogP contribution >= 0.6 is 23.6 Å². The fraction of sp³-hybridized carbons (Fsp3) is 0.154. The Balaban J connectivity index is 1.91. The highest BCUT2D eigenvalue weighted by Crippen LogP contribution is 2.18. The number of rotatable bonds is 3. The van der Waals surface area contributed by atoms with Gasteiger partial charge >= 0.3 is 0 Å². The van der Waals surface area contributed by atoms with Gasteiger partial charge in [0.2, 0.25) is 0 Å². The van der Waals surface area contributed by atoms with Crippen LogP contribution in [0.25, 0.3) is 0 Å². The normalized spacial score (nSPS) is 11.9. The highest BCUT2D eigenvalue weighted by molar-refractivity contribution is 7.80. The summed E-state index contributed by atoms with van der Waals surface area (Å²) < 4.78 is 12.7. The van der Waals surface area contributed by atoms with Crippen LogP contribution in [-0.4, -0.2) is 5.11 Å². The van der Waals surface area contributed by atoms with E-state index in [2.05, 4.69) is 16.7 Å². The molecular weight excluding hydrogens is 267 g/mol. The van der Waals surface area contributed by atoms with Gasteiger partial charge in [0.15, 0.2) is 5.11 Å². The van der Waals surface area contributed by atoms with Gasteiger partial charge in [-0.3, -0.25) is 0 Å². The Kier molecular flexibility index (Phi) is 4.28. The number of hydrogen-bond donors (Lipinski definition) is 2. The van der Waals surface area contributed by atoms with Crippen molar-refractivity contribution in [2.45, 2.75) is 13.0 Å². The largest absolute Gasteiger partial charge is 0.355 e. The molecule has 0 aliphatic heterocycles. The first kappa shape index (κ1) is 13.0. The van der Waals surface area contributed by atoms with Gasteiger partial charge in [0.1, 0.15) is 5.82 Å². The molecule has 1 heterocycles. The SMILES string of the molecule is C[C@@H](NC(=S)Nc1ccc(F)cc1)c1cccs1. The molecule has 0 spiro atoms. The zero-order valence-corrected chi connectivity index (χ0v) is 11.4. The summed E-state index contributed by atoms with van der Waals surface area (Å²) >= 11 is 6.89. The van der Waals surface area contributed by atoms with E-state index in [0.29, 0.717) is 5.11 Å². The maximum atomic E-state index is 12.7. The molecule has 0 radical (unpaired) electrons. The average Bonchev–Trinajstić information content (AvgIpc) is 2.85. The van der Waals surface area contributed by atoms with Crippen molar-refractivity contribution in [1.29, 1.82) is 0 Å². The minimum Gasteiger partial charge on any atom is -0.355 e. The summed E-state index contributed by atoms with van der Waals surface area (Å²) in [5, 5.41) is 8.76. The monoisotopic (exact) mass is 280 g/mol. The van der Waals surface area contributed by atoms with E-state index in [1.807, 2.05) is 18.4 Å². The standard InChI is InChI=1S/C13H13FN2S2/c1-9(12-3-2-8-18-12)15-13(17)16-11-6-4-10(14)5-7-11/h2-9H,1H3,(H2,15,16,17)/t9-/m1/s1. The van der Waals surface area contributed by atoms with Crippen LogP contribution in [0.1, 0.15) is 17.8 Å². The minimum absolute atomic E-state index is 0.158. The summed E-state index contributed by atoms with van der Waals surface area (Å²) in [5.41, 5.74) is 0.771. The zero-order valence-electron chi connectivity index (χ0n) is 9.81. The maximum Gasteiger partial charge on any atom is 0.171 e. The predicted molar refractivity (Wildman–Crippen MR) is 78.5 cm³/mol. The predicted octanol–water partition coefficient (Wildman–Crippen LogP) is 3.93. The van der Waals surface area contributed by atoms with Crippen molar-refractivity contribution in [2.75, 3.05) is 5.32 Å². The number of anilines is 1. The van der Waals surface area contributed by atoms with Crippen molar-refractivity contribution in [3.05, 3.63) is 52.5 Å². The second kappa shape index (κ2) is 5.93.